The molecule has 8 nitrogen and oxygen atoms in total. The number of nitro benzene ring substituents is 1. The SMILES string of the molecule is CCN(CCC(=O)O)S(=O)(=O)c1ccc([N+](=O)[O-])c(F)c1. The molecule has 21 heavy (non-hydrogen) atoms. The number of rotatable bonds is 7. The molecule has 0 aliphatic carbocycles. The van der Waals surface area contributed by atoms with Crippen LogP contribution in [0.2, 0.25) is 0 Å². The van der Waals surface area contributed by atoms with E-state index in [-0.39, 0.29) is 13.1 Å². The Labute approximate surface area is 120 Å². The number of nitro groups is 1. The van der Waals surface area contributed by atoms with E-state index in [1.807, 2.05) is 0 Å². The summed E-state index contributed by atoms with van der Waals surface area (Å²) < 4.78 is 38.8. The molecule has 0 heterocycles. The highest BCUT2D eigenvalue weighted by atomic mass is 32.2. The fourth-order valence-electron chi connectivity index (χ4n) is 1.61. The van der Waals surface area contributed by atoms with Crippen molar-refractivity contribution in [1.29, 1.82) is 0 Å². The number of hydrogen-bond donors (Lipinski definition) is 1. The Hall–Kier alpha value is -2.07. The monoisotopic (exact) mass is 320 g/mol. The Balaban J connectivity index is 3.14. The van der Waals surface area contributed by atoms with Gasteiger partial charge in [0.05, 0.1) is 16.2 Å². The van der Waals surface area contributed by atoms with Gasteiger partial charge in [0.2, 0.25) is 15.8 Å². The zero-order valence-corrected chi connectivity index (χ0v) is 11.8. The van der Waals surface area contributed by atoms with Gasteiger partial charge in [0, 0.05) is 25.2 Å². The molecule has 116 valence electrons. The molecular formula is C11H13FN2O6S. The lowest BCUT2D eigenvalue weighted by atomic mass is 10.3. The molecule has 0 atom stereocenters. The van der Waals surface area contributed by atoms with Crippen LogP contribution in [0.1, 0.15) is 13.3 Å². The van der Waals surface area contributed by atoms with E-state index in [1.54, 1.807) is 0 Å². The van der Waals surface area contributed by atoms with Crippen LogP contribution in [0.3, 0.4) is 0 Å². The molecular weight excluding hydrogens is 307 g/mol. The summed E-state index contributed by atoms with van der Waals surface area (Å²) >= 11 is 0. The van der Waals surface area contributed by atoms with Crippen molar-refractivity contribution in [3.8, 4) is 0 Å². The Kier molecular flexibility index (Phi) is 5.33. The standard InChI is InChI=1S/C11H13FN2O6S/c1-2-13(6-5-11(15)16)21(19,20)8-3-4-10(14(17)18)9(12)7-8/h3-4,7H,2,5-6H2,1H3,(H,15,16). The van der Waals surface area contributed by atoms with E-state index < -0.39 is 43.7 Å². The number of carbonyl (C=O) groups is 1. The molecule has 1 aromatic carbocycles. The largest absolute Gasteiger partial charge is 0.481 e. The summed E-state index contributed by atoms with van der Waals surface area (Å²) in [5.41, 5.74) is -0.831. The van der Waals surface area contributed by atoms with E-state index >= 15 is 0 Å². The van der Waals surface area contributed by atoms with Crippen molar-refractivity contribution in [2.24, 2.45) is 0 Å². The minimum absolute atomic E-state index is 0.00573. The molecule has 0 saturated carbocycles. The fraction of sp³-hybridized carbons (Fsp3) is 0.364. The maximum atomic E-state index is 13.5. The van der Waals surface area contributed by atoms with Gasteiger partial charge in [0.1, 0.15) is 0 Å². The average Bonchev–Trinajstić information content (AvgIpc) is 2.38. The third kappa shape index (κ3) is 3.95. The molecule has 10 heteroatoms. The van der Waals surface area contributed by atoms with Gasteiger partial charge in [-0.2, -0.15) is 8.70 Å². The van der Waals surface area contributed by atoms with Gasteiger partial charge in [-0.3, -0.25) is 14.9 Å². The second-order valence-electron chi connectivity index (χ2n) is 4.01. The Morgan fingerprint density at radius 2 is 2.10 bits per heavy atom. The van der Waals surface area contributed by atoms with Crippen molar-refractivity contribution in [2.75, 3.05) is 13.1 Å². The molecule has 0 spiro atoms. The normalized spacial score (nSPS) is 11.6. The van der Waals surface area contributed by atoms with E-state index in [4.69, 9.17) is 5.11 Å². The predicted molar refractivity (Wildman–Crippen MR) is 69.7 cm³/mol. The third-order valence-corrected chi connectivity index (χ3v) is 4.65. The molecule has 0 aliphatic heterocycles. The Morgan fingerprint density at radius 3 is 2.52 bits per heavy atom. The van der Waals surface area contributed by atoms with E-state index in [2.05, 4.69) is 0 Å². The fourth-order valence-corrected chi connectivity index (χ4v) is 3.08. The maximum absolute atomic E-state index is 13.5. The van der Waals surface area contributed by atoms with Crippen LogP contribution in [0.25, 0.3) is 0 Å². The summed E-state index contributed by atoms with van der Waals surface area (Å²) in [4.78, 5) is 19.6. The number of carboxylic acid groups (broad SMARTS) is 1. The van der Waals surface area contributed by atoms with Crippen LogP contribution < -0.4 is 0 Å². The van der Waals surface area contributed by atoms with Crippen LogP contribution >= 0.6 is 0 Å². The second kappa shape index (κ2) is 6.59. The Morgan fingerprint density at radius 1 is 1.48 bits per heavy atom. The second-order valence-corrected chi connectivity index (χ2v) is 5.95. The van der Waals surface area contributed by atoms with Crippen molar-refractivity contribution in [1.82, 2.24) is 4.31 Å². The summed E-state index contributed by atoms with van der Waals surface area (Å²) in [5, 5.41) is 19.1. The zero-order chi connectivity index (χ0) is 16.2. The van der Waals surface area contributed by atoms with Gasteiger partial charge in [-0.1, -0.05) is 6.92 Å². The first-order valence-corrected chi connectivity index (χ1v) is 7.30. The minimum atomic E-state index is -4.10. The minimum Gasteiger partial charge on any atom is -0.481 e. The van der Waals surface area contributed by atoms with Crippen molar-refractivity contribution in [3.05, 3.63) is 34.1 Å². The molecule has 0 aliphatic rings. The first-order chi connectivity index (χ1) is 9.70. The smallest absolute Gasteiger partial charge is 0.304 e. The number of hydrogen-bond acceptors (Lipinski definition) is 5. The van der Waals surface area contributed by atoms with Crippen LogP contribution in [0.4, 0.5) is 10.1 Å². The lowest BCUT2D eigenvalue weighted by Gasteiger charge is -2.19. The molecule has 0 radical (unpaired) electrons. The molecule has 1 rings (SSSR count). The number of sulfonamides is 1. The van der Waals surface area contributed by atoms with E-state index in [9.17, 15) is 27.7 Å². The zero-order valence-electron chi connectivity index (χ0n) is 11.0. The van der Waals surface area contributed by atoms with Gasteiger partial charge < -0.3 is 5.11 Å². The first-order valence-electron chi connectivity index (χ1n) is 5.86. The molecule has 0 amide bonds. The van der Waals surface area contributed by atoms with Gasteiger partial charge >= 0.3 is 11.7 Å². The van der Waals surface area contributed by atoms with Gasteiger partial charge in [0.25, 0.3) is 0 Å². The van der Waals surface area contributed by atoms with Gasteiger partial charge in [-0.15, -0.1) is 0 Å². The van der Waals surface area contributed by atoms with E-state index in [0.717, 1.165) is 16.4 Å². The van der Waals surface area contributed by atoms with Crippen LogP contribution in [0.15, 0.2) is 23.1 Å². The number of carboxylic acids is 1. The van der Waals surface area contributed by atoms with Crippen LogP contribution in [-0.4, -0.2) is 41.8 Å². The van der Waals surface area contributed by atoms with E-state index in [1.165, 1.54) is 6.92 Å². The van der Waals surface area contributed by atoms with Crippen molar-refractivity contribution in [2.45, 2.75) is 18.2 Å². The summed E-state index contributed by atoms with van der Waals surface area (Å²) in [5.74, 6) is -2.44. The lowest BCUT2D eigenvalue weighted by Crippen LogP contribution is -2.33. The number of benzene rings is 1. The van der Waals surface area contributed by atoms with Crippen molar-refractivity contribution < 1.29 is 27.6 Å². The molecule has 1 N–H and O–H groups in total. The highest BCUT2D eigenvalue weighted by Gasteiger charge is 2.26. The maximum Gasteiger partial charge on any atom is 0.304 e. The number of halogens is 1. The Bertz CT molecular complexity index is 661. The number of aliphatic carboxylic acids is 1. The summed E-state index contributed by atoms with van der Waals surface area (Å²) in [6.07, 6.45) is -0.400. The van der Waals surface area contributed by atoms with Crippen LogP contribution in [-0.2, 0) is 14.8 Å². The van der Waals surface area contributed by atoms with Gasteiger partial charge in [0.15, 0.2) is 0 Å². The summed E-state index contributed by atoms with van der Waals surface area (Å²) in [6, 6.07) is 2.23. The molecule has 0 fully saturated rings. The number of nitrogens with zero attached hydrogens (tertiary/aromatic N) is 2. The topological polar surface area (TPSA) is 118 Å². The van der Waals surface area contributed by atoms with Crippen molar-refractivity contribution in [3.63, 3.8) is 0 Å². The van der Waals surface area contributed by atoms with Crippen molar-refractivity contribution >= 4 is 21.7 Å². The molecule has 1 aromatic rings. The average molecular weight is 320 g/mol. The van der Waals surface area contributed by atoms with Crippen LogP contribution in [0.5, 0.6) is 0 Å². The molecule has 0 saturated heterocycles. The van der Waals surface area contributed by atoms with E-state index in [0.29, 0.717) is 6.07 Å². The molecule has 0 bridgehead atoms. The predicted octanol–water partition coefficient (Wildman–Crippen LogP) is 1.22. The third-order valence-electron chi connectivity index (χ3n) is 2.68. The van der Waals surface area contributed by atoms with Gasteiger partial charge in [-0.05, 0) is 6.07 Å². The van der Waals surface area contributed by atoms with Gasteiger partial charge in [-0.25, -0.2) is 8.42 Å². The quantitative estimate of drug-likeness (QED) is 0.596. The first kappa shape index (κ1) is 17.0. The highest BCUT2D eigenvalue weighted by Crippen LogP contribution is 2.23. The highest BCUT2D eigenvalue weighted by molar-refractivity contribution is 7.89. The lowest BCUT2D eigenvalue weighted by molar-refractivity contribution is -0.387. The molecule has 0 aromatic heterocycles. The van der Waals surface area contributed by atoms with Crippen LogP contribution in [0, 0.1) is 15.9 Å². The summed E-state index contributed by atoms with van der Waals surface area (Å²) in [6.45, 7) is 1.22. The molecule has 0 unspecified atom stereocenters. The summed E-state index contributed by atoms with van der Waals surface area (Å²) in [7, 11) is -4.10.